The van der Waals surface area contributed by atoms with Gasteiger partial charge in [-0.15, -0.1) is 11.8 Å². The highest BCUT2D eigenvalue weighted by Crippen LogP contribution is 2.14. The summed E-state index contributed by atoms with van der Waals surface area (Å²) in [6.45, 7) is 0. The summed E-state index contributed by atoms with van der Waals surface area (Å²) in [5.41, 5.74) is 1.64. The van der Waals surface area contributed by atoms with Gasteiger partial charge in [0.1, 0.15) is 0 Å². The molecule has 0 fully saturated rings. The SMILES string of the molecule is COC(=O)c1ccc(C(=O)C#Cc2ccc(SC)cc2)cc1. The monoisotopic (exact) mass is 310 g/mol. The predicted octanol–water partition coefficient (Wildman–Crippen LogP) is 3.43. The van der Waals surface area contributed by atoms with Crippen LogP contribution >= 0.6 is 11.8 Å². The van der Waals surface area contributed by atoms with Gasteiger partial charge in [0.25, 0.3) is 0 Å². The third-order valence-corrected chi connectivity index (χ3v) is 3.72. The standard InChI is InChI=1S/C18H14O3S/c1-21-18(20)15-8-6-14(7-9-15)17(19)12-5-13-3-10-16(22-2)11-4-13/h3-4,6-11H,1-2H3. The fourth-order valence-electron chi connectivity index (χ4n) is 1.75. The van der Waals surface area contributed by atoms with Crippen molar-refractivity contribution in [3.63, 3.8) is 0 Å². The lowest BCUT2D eigenvalue weighted by Crippen LogP contribution is -2.02. The number of hydrogen-bond acceptors (Lipinski definition) is 4. The highest BCUT2D eigenvalue weighted by Gasteiger charge is 2.07. The number of ether oxygens (including phenoxy) is 1. The van der Waals surface area contributed by atoms with E-state index in [0.29, 0.717) is 11.1 Å². The number of methoxy groups -OCH3 is 1. The Hall–Kier alpha value is -2.51. The maximum atomic E-state index is 12.0. The van der Waals surface area contributed by atoms with Crippen LogP contribution in [0, 0.1) is 11.8 Å². The molecule has 0 aliphatic heterocycles. The molecule has 0 heterocycles. The van der Waals surface area contributed by atoms with Crippen molar-refractivity contribution in [1.82, 2.24) is 0 Å². The summed E-state index contributed by atoms with van der Waals surface area (Å²) in [5.74, 6) is 4.73. The smallest absolute Gasteiger partial charge is 0.337 e. The van der Waals surface area contributed by atoms with Gasteiger partial charge in [-0.2, -0.15) is 0 Å². The molecule has 0 saturated carbocycles. The molecule has 2 rings (SSSR count). The maximum Gasteiger partial charge on any atom is 0.337 e. The van der Waals surface area contributed by atoms with Crippen LogP contribution in [-0.4, -0.2) is 25.1 Å². The molecule has 0 N–H and O–H groups in total. The number of ketones is 1. The second-order valence-corrected chi connectivity index (χ2v) is 5.26. The number of carbonyl (C=O) groups is 2. The van der Waals surface area contributed by atoms with Crippen LogP contribution in [0.2, 0.25) is 0 Å². The summed E-state index contributed by atoms with van der Waals surface area (Å²) < 4.78 is 4.61. The van der Waals surface area contributed by atoms with E-state index in [1.807, 2.05) is 30.5 Å². The summed E-state index contributed by atoms with van der Waals surface area (Å²) in [6, 6.07) is 13.9. The average Bonchev–Trinajstić information content (AvgIpc) is 2.59. The number of Topliss-reactive ketones (excluding diaryl/α,β-unsaturated/α-hetero) is 1. The highest BCUT2D eigenvalue weighted by atomic mass is 32.2. The van der Waals surface area contributed by atoms with Crippen molar-refractivity contribution < 1.29 is 14.3 Å². The minimum atomic E-state index is -0.432. The fourth-order valence-corrected chi connectivity index (χ4v) is 2.16. The Kier molecular flexibility index (Phi) is 5.40. The topological polar surface area (TPSA) is 43.4 Å². The molecule has 2 aromatic rings. The van der Waals surface area contributed by atoms with Gasteiger partial charge in [0.2, 0.25) is 5.78 Å². The summed E-state index contributed by atoms with van der Waals surface area (Å²) in [5, 5.41) is 0. The van der Waals surface area contributed by atoms with Crippen molar-refractivity contribution in [2.75, 3.05) is 13.4 Å². The minimum Gasteiger partial charge on any atom is -0.465 e. The van der Waals surface area contributed by atoms with Crippen molar-refractivity contribution in [2.24, 2.45) is 0 Å². The molecule has 0 unspecified atom stereocenters. The molecule has 0 radical (unpaired) electrons. The van der Waals surface area contributed by atoms with Crippen LogP contribution in [0.5, 0.6) is 0 Å². The van der Waals surface area contributed by atoms with Gasteiger partial charge in [-0.25, -0.2) is 4.79 Å². The minimum absolute atomic E-state index is 0.287. The molecule has 22 heavy (non-hydrogen) atoms. The van der Waals surface area contributed by atoms with Gasteiger partial charge >= 0.3 is 5.97 Å². The van der Waals surface area contributed by atoms with Gasteiger partial charge in [0.05, 0.1) is 12.7 Å². The Balaban J connectivity index is 2.12. The molecule has 110 valence electrons. The fraction of sp³-hybridized carbons (Fsp3) is 0.111. The van der Waals surface area contributed by atoms with Crippen LogP contribution in [0.15, 0.2) is 53.4 Å². The molecule has 0 saturated heterocycles. The lowest BCUT2D eigenvalue weighted by molar-refractivity contribution is 0.0600. The second kappa shape index (κ2) is 7.48. The van der Waals surface area contributed by atoms with Gasteiger partial charge in [0, 0.05) is 16.0 Å². The van der Waals surface area contributed by atoms with Gasteiger partial charge in [-0.3, -0.25) is 4.79 Å². The van der Waals surface area contributed by atoms with Crippen LogP contribution in [0.4, 0.5) is 0 Å². The zero-order valence-electron chi connectivity index (χ0n) is 12.3. The first kappa shape index (κ1) is 15.9. The third kappa shape index (κ3) is 4.00. The Morgan fingerprint density at radius 3 is 2.09 bits per heavy atom. The normalized spacial score (nSPS) is 9.55. The number of hydrogen-bond donors (Lipinski definition) is 0. The predicted molar refractivity (Wildman–Crippen MR) is 87.2 cm³/mol. The van der Waals surface area contributed by atoms with Crippen molar-refractivity contribution in [3.05, 3.63) is 65.2 Å². The largest absolute Gasteiger partial charge is 0.465 e. The van der Waals surface area contributed by atoms with Gasteiger partial charge in [-0.1, -0.05) is 5.92 Å². The van der Waals surface area contributed by atoms with Crippen LogP contribution in [0.3, 0.4) is 0 Å². The van der Waals surface area contributed by atoms with E-state index in [9.17, 15) is 9.59 Å². The van der Waals surface area contributed by atoms with Crippen LogP contribution in [0.25, 0.3) is 0 Å². The summed E-state index contributed by atoms with van der Waals surface area (Å²) in [7, 11) is 1.31. The number of esters is 1. The first-order valence-corrected chi connectivity index (χ1v) is 7.75. The first-order valence-electron chi connectivity index (χ1n) is 6.53. The molecule has 0 aromatic heterocycles. The van der Waals surface area contributed by atoms with E-state index in [4.69, 9.17) is 0 Å². The highest BCUT2D eigenvalue weighted by molar-refractivity contribution is 7.98. The Morgan fingerprint density at radius 1 is 0.955 bits per heavy atom. The molecule has 0 aliphatic carbocycles. The van der Waals surface area contributed by atoms with Crippen molar-refractivity contribution in [3.8, 4) is 11.8 Å². The van der Waals surface area contributed by atoms with Crippen LogP contribution in [0.1, 0.15) is 26.3 Å². The van der Waals surface area contributed by atoms with E-state index in [0.717, 1.165) is 10.5 Å². The molecular formula is C18H14O3S. The molecule has 4 heteroatoms. The molecule has 3 nitrogen and oxygen atoms in total. The lowest BCUT2D eigenvalue weighted by atomic mass is 10.1. The molecular weight excluding hydrogens is 296 g/mol. The van der Waals surface area contributed by atoms with E-state index in [2.05, 4.69) is 16.6 Å². The Bertz CT molecular complexity index is 735. The van der Waals surface area contributed by atoms with Gasteiger partial charge in [-0.05, 0) is 60.7 Å². The maximum absolute atomic E-state index is 12.0. The van der Waals surface area contributed by atoms with Crippen LogP contribution in [-0.2, 0) is 4.74 Å². The summed E-state index contributed by atoms with van der Waals surface area (Å²) >= 11 is 1.65. The molecule has 0 bridgehead atoms. The van der Waals surface area contributed by atoms with Gasteiger partial charge < -0.3 is 4.74 Å². The van der Waals surface area contributed by atoms with Crippen LogP contribution < -0.4 is 0 Å². The van der Waals surface area contributed by atoms with E-state index in [1.54, 1.807) is 36.0 Å². The molecule has 0 spiro atoms. The molecule has 0 aliphatic rings. The number of carbonyl (C=O) groups excluding carboxylic acids is 2. The lowest BCUT2D eigenvalue weighted by Gasteiger charge is -1.99. The molecule has 2 aromatic carbocycles. The quantitative estimate of drug-likeness (QED) is 0.377. The number of benzene rings is 2. The molecule has 0 atom stereocenters. The third-order valence-electron chi connectivity index (χ3n) is 2.98. The first-order chi connectivity index (χ1) is 10.6. The number of rotatable bonds is 3. The van der Waals surface area contributed by atoms with Crippen molar-refractivity contribution in [1.29, 1.82) is 0 Å². The van der Waals surface area contributed by atoms with E-state index >= 15 is 0 Å². The van der Waals surface area contributed by atoms with E-state index < -0.39 is 5.97 Å². The van der Waals surface area contributed by atoms with Crippen molar-refractivity contribution in [2.45, 2.75) is 4.90 Å². The zero-order valence-corrected chi connectivity index (χ0v) is 13.1. The Morgan fingerprint density at radius 2 is 1.55 bits per heavy atom. The van der Waals surface area contributed by atoms with E-state index in [-0.39, 0.29) is 5.78 Å². The Labute approximate surface area is 133 Å². The summed E-state index contributed by atoms with van der Waals surface area (Å²) in [4.78, 5) is 24.5. The van der Waals surface area contributed by atoms with E-state index in [1.165, 1.54) is 7.11 Å². The van der Waals surface area contributed by atoms with Gasteiger partial charge in [0.15, 0.2) is 0 Å². The summed E-state index contributed by atoms with van der Waals surface area (Å²) in [6.07, 6.45) is 2.00. The zero-order chi connectivity index (χ0) is 15.9. The second-order valence-electron chi connectivity index (χ2n) is 4.38. The number of thioether (sulfide) groups is 1. The van der Waals surface area contributed by atoms with Crippen molar-refractivity contribution >= 4 is 23.5 Å². The molecule has 0 amide bonds. The average molecular weight is 310 g/mol.